The number of carbonyl (C=O) groups excluding carboxylic acids is 1. The fourth-order valence-electron chi connectivity index (χ4n) is 2.85. The summed E-state index contributed by atoms with van der Waals surface area (Å²) in [5.41, 5.74) is 4.00. The second kappa shape index (κ2) is 7.57. The van der Waals surface area contributed by atoms with Gasteiger partial charge in [-0.2, -0.15) is 0 Å². The van der Waals surface area contributed by atoms with E-state index < -0.39 is 0 Å². The fraction of sp³-hybridized carbons (Fsp3) is 0.588. The summed E-state index contributed by atoms with van der Waals surface area (Å²) >= 11 is 0. The molecule has 116 valence electrons. The molecule has 1 heterocycles. The van der Waals surface area contributed by atoms with Crippen LogP contribution in [0.15, 0.2) is 12.1 Å². The minimum Gasteiger partial charge on any atom is -0.377 e. The Hall–Kier alpha value is -1.39. The van der Waals surface area contributed by atoms with Crippen molar-refractivity contribution >= 4 is 5.91 Å². The first-order valence-corrected chi connectivity index (χ1v) is 7.63. The van der Waals surface area contributed by atoms with E-state index in [-0.39, 0.29) is 12.0 Å². The molecule has 0 bridgehead atoms. The maximum atomic E-state index is 12.2. The van der Waals surface area contributed by atoms with Crippen molar-refractivity contribution in [3.05, 3.63) is 34.4 Å². The largest absolute Gasteiger partial charge is 0.377 e. The standard InChI is InChI=1S/C17H25NO3/c1-12-9-13(2)16(14(3)10-12)17(19)18-6-8-20-11-15-5-4-7-21-15/h9-10,15H,4-8,11H2,1-3H3,(H,18,19)/t15-/m1/s1. The topological polar surface area (TPSA) is 47.6 Å². The van der Waals surface area contributed by atoms with Crippen molar-refractivity contribution in [3.63, 3.8) is 0 Å². The van der Waals surface area contributed by atoms with Gasteiger partial charge >= 0.3 is 0 Å². The van der Waals surface area contributed by atoms with Crippen LogP contribution in [-0.2, 0) is 9.47 Å². The Balaban J connectivity index is 1.74. The van der Waals surface area contributed by atoms with Gasteiger partial charge < -0.3 is 14.8 Å². The van der Waals surface area contributed by atoms with E-state index in [0.29, 0.717) is 19.8 Å². The highest BCUT2D eigenvalue weighted by Gasteiger charge is 2.15. The maximum Gasteiger partial charge on any atom is 0.251 e. The zero-order valence-electron chi connectivity index (χ0n) is 13.2. The molecule has 0 radical (unpaired) electrons. The summed E-state index contributed by atoms with van der Waals surface area (Å²) in [6, 6.07) is 4.08. The first kappa shape index (κ1) is 16.0. The lowest BCUT2D eigenvalue weighted by Gasteiger charge is -2.13. The van der Waals surface area contributed by atoms with E-state index in [1.54, 1.807) is 0 Å². The lowest BCUT2D eigenvalue weighted by atomic mass is 9.99. The van der Waals surface area contributed by atoms with Gasteiger partial charge in [0.15, 0.2) is 0 Å². The van der Waals surface area contributed by atoms with Gasteiger partial charge in [-0.15, -0.1) is 0 Å². The smallest absolute Gasteiger partial charge is 0.251 e. The molecule has 0 spiro atoms. The molecule has 1 saturated heterocycles. The molecule has 21 heavy (non-hydrogen) atoms. The number of aryl methyl sites for hydroxylation is 3. The summed E-state index contributed by atoms with van der Waals surface area (Å²) in [5, 5.41) is 2.92. The summed E-state index contributed by atoms with van der Waals surface area (Å²) in [5.74, 6) is -0.0225. The molecule has 0 unspecified atom stereocenters. The van der Waals surface area contributed by atoms with Gasteiger partial charge in [0.2, 0.25) is 0 Å². The molecule has 2 rings (SSSR count). The summed E-state index contributed by atoms with van der Waals surface area (Å²) in [6.45, 7) is 8.51. The minimum absolute atomic E-state index is 0.0225. The number of hydrogen-bond acceptors (Lipinski definition) is 3. The van der Waals surface area contributed by atoms with E-state index in [4.69, 9.17) is 9.47 Å². The van der Waals surface area contributed by atoms with Gasteiger partial charge in [0.05, 0.1) is 19.3 Å². The predicted molar refractivity (Wildman–Crippen MR) is 82.8 cm³/mol. The normalized spacial score (nSPS) is 18.0. The molecule has 1 fully saturated rings. The van der Waals surface area contributed by atoms with Crippen molar-refractivity contribution in [1.29, 1.82) is 0 Å². The quantitative estimate of drug-likeness (QED) is 0.819. The molecule has 1 aliphatic rings. The number of hydrogen-bond donors (Lipinski definition) is 1. The molecule has 1 aromatic rings. The summed E-state index contributed by atoms with van der Waals surface area (Å²) in [4.78, 5) is 12.2. The summed E-state index contributed by atoms with van der Waals surface area (Å²) in [7, 11) is 0. The van der Waals surface area contributed by atoms with Crippen LogP contribution in [-0.4, -0.2) is 38.4 Å². The summed E-state index contributed by atoms with van der Waals surface area (Å²) < 4.78 is 11.0. The first-order chi connectivity index (χ1) is 10.1. The van der Waals surface area contributed by atoms with Crippen molar-refractivity contribution in [2.24, 2.45) is 0 Å². The van der Waals surface area contributed by atoms with Gasteiger partial charge in [-0.1, -0.05) is 17.7 Å². The summed E-state index contributed by atoms with van der Waals surface area (Å²) in [6.07, 6.45) is 2.44. The van der Waals surface area contributed by atoms with Crippen LogP contribution in [0.2, 0.25) is 0 Å². The average molecular weight is 291 g/mol. The SMILES string of the molecule is Cc1cc(C)c(C(=O)NCCOC[C@H]2CCCO2)c(C)c1. The van der Waals surface area contributed by atoms with E-state index in [2.05, 4.69) is 5.32 Å². The van der Waals surface area contributed by atoms with Crippen molar-refractivity contribution in [3.8, 4) is 0 Å². The third-order valence-electron chi connectivity index (χ3n) is 3.76. The number of ether oxygens (including phenoxy) is 2. The Morgan fingerprint density at radius 3 is 2.67 bits per heavy atom. The van der Waals surface area contributed by atoms with Crippen LogP contribution in [0.4, 0.5) is 0 Å². The molecular weight excluding hydrogens is 266 g/mol. The second-order valence-electron chi connectivity index (χ2n) is 5.74. The van der Waals surface area contributed by atoms with Gasteiger partial charge in [-0.05, 0) is 44.7 Å². The third kappa shape index (κ3) is 4.55. The van der Waals surface area contributed by atoms with Crippen LogP contribution >= 0.6 is 0 Å². The van der Waals surface area contributed by atoms with E-state index in [1.165, 1.54) is 5.56 Å². The Labute approximate surface area is 126 Å². The van der Waals surface area contributed by atoms with E-state index >= 15 is 0 Å². The Morgan fingerprint density at radius 1 is 1.33 bits per heavy atom. The van der Waals surface area contributed by atoms with Crippen LogP contribution < -0.4 is 5.32 Å². The molecular formula is C17H25NO3. The molecule has 1 aliphatic heterocycles. The first-order valence-electron chi connectivity index (χ1n) is 7.63. The number of nitrogens with one attached hydrogen (secondary N) is 1. The highest BCUT2D eigenvalue weighted by molar-refractivity contribution is 5.97. The number of amides is 1. The Bertz CT molecular complexity index is 470. The molecule has 0 saturated carbocycles. The number of benzene rings is 1. The molecule has 0 aliphatic carbocycles. The van der Waals surface area contributed by atoms with Crippen molar-refractivity contribution < 1.29 is 14.3 Å². The molecule has 1 atom stereocenters. The van der Waals surface area contributed by atoms with E-state index in [0.717, 1.165) is 36.1 Å². The minimum atomic E-state index is -0.0225. The third-order valence-corrected chi connectivity index (χ3v) is 3.76. The van der Waals surface area contributed by atoms with Crippen LogP contribution in [0, 0.1) is 20.8 Å². The molecule has 1 aromatic carbocycles. The highest BCUT2D eigenvalue weighted by atomic mass is 16.5. The monoisotopic (exact) mass is 291 g/mol. The molecule has 0 aromatic heterocycles. The zero-order chi connectivity index (χ0) is 15.2. The van der Waals surface area contributed by atoms with Gasteiger partial charge in [0.1, 0.15) is 0 Å². The predicted octanol–water partition coefficient (Wildman–Crippen LogP) is 2.54. The molecule has 1 amide bonds. The van der Waals surface area contributed by atoms with Crippen LogP contribution in [0.3, 0.4) is 0 Å². The van der Waals surface area contributed by atoms with Crippen molar-refractivity contribution in [1.82, 2.24) is 5.32 Å². The Morgan fingerprint density at radius 2 is 2.05 bits per heavy atom. The van der Waals surface area contributed by atoms with Gasteiger partial charge in [0.25, 0.3) is 5.91 Å². The number of carbonyl (C=O) groups is 1. The molecule has 4 heteroatoms. The molecule has 1 N–H and O–H groups in total. The van der Waals surface area contributed by atoms with Gasteiger partial charge in [-0.25, -0.2) is 0 Å². The van der Waals surface area contributed by atoms with E-state index in [1.807, 2.05) is 32.9 Å². The van der Waals surface area contributed by atoms with Crippen LogP contribution in [0.25, 0.3) is 0 Å². The Kier molecular flexibility index (Phi) is 5.76. The van der Waals surface area contributed by atoms with Crippen molar-refractivity contribution in [2.75, 3.05) is 26.4 Å². The van der Waals surface area contributed by atoms with Crippen LogP contribution in [0.1, 0.15) is 39.9 Å². The highest BCUT2D eigenvalue weighted by Crippen LogP contribution is 2.16. The van der Waals surface area contributed by atoms with Gasteiger partial charge in [0, 0.05) is 18.7 Å². The lowest BCUT2D eigenvalue weighted by Crippen LogP contribution is -2.29. The fourth-order valence-corrected chi connectivity index (χ4v) is 2.85. The zero-order valence-corrected chi connectivity index (χ0v) is 13.2. The van der Waals surface area contributed by atoms with E-state index in [9.17, 15) is 4.79 Å². The lowest BCUT2D eigenvalue weighted by molar-refractivity contribution is 0.0183. The maximum absolute atomic E-state index is 12.2. The van der Waals surface area contributed by atoms with Crippen molar-refractivity contribution in [2.45, 2.75) is 39.7 Å². The van der Waals surface area contributed by atoms with Crippen LogP contribution in [0.5, 0.6) is 0 Å². The number of rotatable bonds is 6. The average Bonchev–Trinajstić information content (AvgIpc) is 2.90. The van der Waals surface area contributed by atoms with Gasteiger partial charge in [-0.3, -0.25) is 4.79 Å². The molecule has 4 nitrogen and oxygen atoms in total. The second-order valence-corrected chi connectivity index (χ2v) is 5.74.